The van der Waals surface area contributed by atoms with Crippen LogP contribution >= 0.6 is 0 Å². The van der Waals surface area contributed by atoms with Crippen LogP contribution in [0.15, 0.2) is 6.33 Å². The lowest BCUT2D eigenvalue weighted by Gasteiger charge is -2.29. The van der Waals surface area contributed by atoms with Gasteiger partial charge < -0.3 is 5.32 Å². The second-order valence-corrected chi connectivity index (χ2v) is 4.98. The zero-order valence-corrected chi connectivity index (χ0v) is 11.0. The van der Waals surface area contributed by atoms with Gasteiger partial charge in [0.1, 0.15) is 12.2 Å². The van der Waals surface area contributed by atoms with Crippen LogP contribution in [-0.2, 0) is 13.0 Å². The highest BCUT2D eigenvalue weighted by molar-refractivity contribution is 4.90. The summed E-state index contributed by atoms with van der Waals surface area (Å²) in [6.07, 6.45) is 8.11. The lowest BCUT2D eigenvalue weighted by atomic mass is 9.83. The van der Waals surface area contributed by atoms with Crippen LogP contribution in [0.1, 0.15) is 45.4 Å². The molecule has 1 fully saturated rings. The molecule has 96 valence electrons. The Kier molecular flexibility index (Phi) is 4.54. The Balaban J connectivity index is 1.90. The van der Waals surface area contributed by atoms with Crippen LogP contribution in [0.25, 0.3) is 0 Å². The van der Waals surface area contributed by atoms with Crippen LogP contribution in [-0.4, -0.2) is 27.4 Å². The van der Waals surface area contributed by atoms with Gasteiger partial charge in [-0.2, -0.15) is 5.10 Å². The summed E-state index contributed by atoms with van der Waals surface area (Å²) < 4.78 is 2.02. The second kappa shape index (κ2) is 6.15. The zero-order valence-electron chi connectivity index (χ0n) is 11.0. The Morgan fingerprint density at radius 3 is 3.06 bits per heavy atom. The topological polar surface area (TPSA) is 42.7 Å². The molecular formula is C13H24N4. The van der Waals surface area contributed by atoms with E-state index in [2.05, 4.69) is 29.2 Å². The van der Waals surface area contributed by atoms with E-state index in [1.165, 1.54) is 25.7 Å². The van der Waals surface area contributed by atoms with Gasteiger partial charge in [-0.3, -0.25) is 4.68 Å². The van der Waals surface area contributed by atoms with E-state index >= 15 is 0 Å². The van der Waals surface area contributed by atoms with Crippen LogP contribution in [0.5, 0.6) is 0 Å². The first-order valence-electron chi connectivity index (χ1n) is 6.93. The molecule has 0 bridgehead atoms. The third-order valence-electron chi connectivity index (χ3n) is 3.74. The molecule has 17 heavy (non-hydrogen) atoms. The average Bonchev–Trinajstić information content (AvgIpc) is 2.77. The minimum atomic E-state index is 0.719. The summed E-state index contributed by atoms with van der Waals surface area (Å²) in [5.41, 5.74) is 0. The third-order valence-corrected chi connectivity index (χ3v) is 3.74. The lowest BCUT2D eigenvalue weighted by molar-refractivity contribution is 0.281. The molecule has 1 aromatic rings. The summed E-state index contributed by atoms with van der Waals surface area (Å²) in [6, 6.07) is 0.719. The van der Waals surface area contributed by atoms with Gasteiger partial charge in [-0.25, -0.2) is 4.98 Å². The van der Waals surface area contributed by atoms with Gasteiger partial charge in [-0.15, -0.1) is 0 Å². The van der Waals surface area contributed by atoms with Crippen molar-refractivity contribution in [3.63, 3.8) is 0 Å². The summed E-state index contributed by atoms with van der Waals surface area (Å²) in [7, 11) is 0. The number of rotatable bonds is 5. The van der Waals surface area contributed by atoms with E-state index in [-0.39, 0.29) is 0 Å². The zero-order chi connectivity index (χ0) is 12.1. The maximum absolute atomic E-state index is 4.38. The molecule has 1 heterocycles. The van der Waals surface area contributed by atoms with E-state index in [1.54, 1.807) is 6.33 Å². The molecule has 2 atom stereocenters. The normalized spacial score (nSPS) is 25.1. The van der Waals surface area contributed by atoms with Crippen LogP contribution in [0.3, 0.4) is 0 Å². The van der Waals surface area contributed by atoms with E-state index in [1.807, 2.05) is 4.68 Å². The highest BCUT2D eigenvalue weighted by Crippen LogP contribution is 2.26. The molecule has 1 aliphatic rings. The molecule has 4 nitrogen and oxygen atoms in total. The van der Waals surface area contributed by atoms with Crippen LogP contribution in [0.2, 0.25) is 0 Å². The number of nitrogens with one attached hydrogen (secondary N) is 1. The molecule has 1 aromatic heterocycles. The maximum atomic E-state index is 4.38. The van der Waals surface area contributed by atoms with Crippen molar-refractivity contribution in [3.05, 3.63) is 12.2 Å². The first-order chi connectivity index (χ1) is 8.33. The van der Waals surface area contributed by atoms with E-state index in [9.17, 15) is 0 Å². The smallest absolute Gasteiger partial charge is 0.138 e. The summed E-state index contributed by atoms with van der Waals surface area (Å²) in [4.78, 5) is 4.38. The molecule has 1 N–H and O–H groups in total. The maximum Gasteiger partial charge on any atom is 0.138 e. The monoisotopic (exact) mass is 236 g/mol. The molecule has 0 saturated heterocycles. The predicted molar refractivity (Wildman–Crippen MR) is 68.8 cm³/mol. The van der Waals surface area contributed by atoms with Crippen molar-refractivity contribution in [2.45, 2.75) is 58.5 Å². The molecule has 2 unspecified atom stereocenters. The van der Waals surface area contributed by atoms with Crippen molar-refractivity contribution in [2.75, 3.05) is 6.54 Å². The van der Waals surface area contributed by atoms with E-state index < -0.39 is 0 Å². The molecule has 0 aromatic carbocycles. The van der Waals surface area contributed by atoms with Gasteiger partial charge in [-0.1, -0.05) is 13.3 Å². The predicted octanol–water partition coefficient (Wildman–Crippen LogP) is 2.01. The highest BCUT2D eigenvalue weighted by Gasteiger charge is 2.22. The number of aromatic nitrogens is 3. The fraction of sp³-hybridized carbons (Fsp3) is 0.846. The summed E-state index contributed by atoms with van der Waals surface area (Å²) >= 11 is 0. The summed E-state index contributed by atoms with van der Waals surface area (Å²) in [6.45, 7) is 6.33. The van der Waals surface area contributed by atoms with E-state index in [0.29, 0.717) is 0 Å². The Hall–Kier alpha value is -0.900. The number of hydrogen-bond acceptors (Lipinski definition) is 3. The van der Waals surface area contributed by atoms with Gasteiger partial charge in [0, 0.05) is 19.0 Å². The molecule has 0 spiro atoms. The Labute approximate surface area is 104 Å². The fourth-order valence-corrected chi connectivity index (χ4v) is 2.92. The summed E-state index contributed by atoms with van der Waals surface area (Å²) in [5.74, 6) is 1.94. The second-order valence-electron chi connectivity index (χ2n) is 4.98. The molecule has 1 saturated carbocycles. The Bertz CT molecular complexity index is 332. The molecular weight excluding hydrogens is 212 g/mol. The highest BCUT2D eigenvalue weighted by atomic mass is 15.3. The van der Waals surface area contributed by atoms with Crippen molar-refractivity contribution in [1.82, 2.24) is 20.1 Å². The number of nitrogens with zero attached hydrogens (tertiary/aromatic N) is 3. The SMILES string of the molecule is CCNC1CCCC(Cc2ncnn2CC)C1. The molecule has 0 radical (unpaired) electrons. The summed E-state index contributed by atoms with van der Waals surface area (Å²) in [5, 5.41) is 7.83. The lowest BCUT2D eigenvalue weighted by Crippen LogP contribution is -2.34. The standard InChI is InChI=1S/C13H24N4/c1-3-14-12-7-5-6-11(8-12)9-13-15-10-16-17(13)4-2/h10-12,14H,3-9H2,1-2H3. The first kappa shape index (κ1) is 12.6. The van der Waals surface area contributed by atoms with Crippen molar-refractivity contribution >= 4 is 0 Å². The fourth-order valence-electron chi connectivity index (χ4n) is 2.92. The van der Waals surface area contributed by atoms with E-state index in [0.717, 1.165) is 37.3 Å². The van der Waals surface area contributed by atoms with Gasteiger partial charge in [0.2, 0.25) is 0 Å². The Morgan fingerprint density at radius 1 is 1.41 bits per heavy atom. The molecule has 0 aliphatic heterocycles. The Morgan fingerprint density at radius 2 is 2.29 bits per heavy atom. The van der Waals surface area contributed by atoms with Gasteiger partial charge in [-0.05, 0) is 38.6 Å². The molecule has 4 heteroatoms. The number of hydrogen-bond donors (Lipinski definition) is 1. The van der Waals surface area contributed by atoms with Gasteiger partial charge in [0.15, 0.2) is 0 Å². The van der Waals surface area contributed by atoms with Gasteiger partial charge >= 0.3 is 0 Å². The number of aryl methyl sites for hydroxylation is 1. The van der Waals surface area contributed by atoms with Crippen molar-refractivity contribution < 1.29 is 0 Å². The van der Waals surface area contributed by atoms with Gasteiger partial charge in [0.05, 0.1) is 0 Å². The molecule has 2 rings (SSSR count). The van der Waals surface area contributed by atoms with Crippen molar-refractivity contribution in [1.29, 1.82) is 0 Å². The average molecular weight is 236 g/mol. The largest absolute Gasteiger partial charge is 0.314 e. The quantitative estimate of drug-likeness (QED) is 0.850. The van der Waals surface area contributed by atoms with Crippen molar-refractivity contribution in [3.8, 4) is 0 Å². The minimum absolute atomic E-state index is 0.719. The van der Waals surface area contributed by atoms with Crippen LogP contribution in [0, 0.1) is 5.92 Å². The molecule has 0 amide bonds. The molecule has 1 aliphatic carbocycles. The third kappa shape index (κ3) is 3.28. The van der Waals surface area contributed by atoms with Crippen LogP contribution < -0.4 is 5.32 Å². The van der Waals surface area contributed by atoms with Crippen LogP contribution in [0.4, 0.5) is 0 Å². The van der Waals surface area contributed by atoms with Gasteiger partial charge in [0.25, 0.3) is 0 Å². The van der Waals surface area contributed by atoms with E-state index in [4.69, 9.17) is 0 Å². The first-order valence-corrected chi connectivity index (χ1v) is 6.93. The minimum Gasteiger partial charge on any atom is -0.314 e. The van der Waals surface area contributed by atoms with Crippen molar-refractivity contribution in [2.24, 2.45) is 5.92 Å².